The number of hydrogen-bond acceptors (Lipinski definition) is 4. The van der Waals surface area contributed by atoms with E-state index in [0.717, 1.165) is 0 Å². The summed E-state index contributed by atoms with van der Waals surface area (Å²) in [5, 5.41) is 14.4. The second kappa shape index (κ2) is 8.02. The standard InChI is InChI=1S/C19H13Cl2FN6O/c20-12-5-6-13(14(21)7-12)16-8-17(26-25-16)18(29)24-19-23-10-28(27-19)9-11-3-1-2-4-15(11)22/h1-8,10H,9H2,(H,25,26)(H,24,27,29). The third-order valence-corrected chi connectivity index (χ3v) is 4.63. The lowest BCUT2D eigenvalue weighted by Crippen LogP contribution is -2.14. The third-order valence-electron chi connectivity index (χ3n) is 4.08. The van der Waals surface area contributed by atoms with Crippen LogP contribution in [0.25, 0.3) is 11.3 Å². The zero-order valence-electron chi connectivity index (χ0n) is 14.7. The summed E-state index contributed by atoms with van der Waals surface area (Å²) in [6.07, 6.45) is 1.41. The van der Waals surface area contributed by atoms with Crippen molar-refractivity contribution < 1.29 is 9.18 Å². The summed E-state index contributed by atoms with van der Waals surface area (Å²) in [6.45, 7) is 0.193. The molecule has 0 saturated heterocycles. The van der Waals surface area contributed by atoms with Crippen molar-refractivity contribution in [1.29, 1.82) is 0 Å². The van der Waals surface area contributed by atoms with E-state index in [1.54, 1.807) is 42.5 Å². The lowest BCUT2D eigenvalue weighted by molar-refractivity contribution is 0.102. The van der Waals surface area contributed by atoms with Crippen LogP contribution < -0.4 is 5.32 Å². The highest BCUT2D eigenvalue weighted by Crippen LogP contribution is 2.29. The molecule has 0 aliphatic rings. The first kappa shape index (κ1) is 19.1. The van der Waals surface area contributed by atoms with E-state index in [1.807, 2.05) is 0 Å². The average molecular weight is 431 g/mol. The number of hydrogen-bond donors (Lipinski definition) is 2. The Morgan fingerprint density at radius 1 is 1.17 bits per heavy atom. The van der Waals surface area contributed by atoms with E-state index in [4.69, 9.17) is 23.2 Å². The molecule has 0 atom stereocenters. The average Bonchev–Trinajstić information content (AvgIpc) is 3.33. The van der Waals surface area contributed by atoms with Crippen molar-refractivity contribution >= 4 is 35.1 Å². The van der Waals surface area contributed by atoms with Crippen molar-refractivity contribution in [3.05, 3.63) is 82.0 Å². The van der Waals surface area contributed by atoms with Crippen molar-refractivity contribution in [1.82, 2.24) is 25.0 Å². The normalized spacial score (nSPS) is 10.9. The molecule has 146 valence electrons. The van der Waals surface area contributed by atoms with Crippen LogP contribution in [-0.2, 0) is 6.54 Å². The molecule has 29 heavy (non-hydrogen) atoms. The van der Waals surface area contributed by atoms with E-state index in [0.29, 0.717) is 26.9 Å². The fraction of sp³-hybridized carbons (Fsp3) is 0.0526. The molecule has 2 aromatic heterocycles. The molecule has 0 aliphatic heterocycles. The lowest BCUT2D eigenvalue weighted by Gasteiger charge is -2.02. The van der Waals surface area contributed by atoms with E-state index in [2.05, 4.69) is 25.6 Å². The van der Waals surface area contributed by atoms with Gasteiger partial charge in [-0.3, -0.25) is 15.2 Å². The number of aromatic nitrogens is 5. The van der Waals surface area contributed by atoms with Crippen LogP contribution in [0.5, 0.6) is 0 Å². The largest absolute Gasteiger partial charge is 0.288 e. The van der Waals surface area contributed by atoms with Crippen molar-refractivity contribution in [2.24, 2.45) is 0 Å². The van der Waals surface area contributed by atoms with Crippen LogP contribution >= 0.6 is 23.2 Å². The summed E-state index contributed by atoms with van der Waals surface area (Å²) in [5.74, 6) is -0.719. The number of aromatic amines is 1. The van der Waals surface area contributed by atoms with Crippen LogP contribution in [0, 0.1) is 5.82 Å². The second-order valence-electron chi connectivity index (χ2n) is 6.10. The zero-order chi connectivity index (χ0) is 20.4. The van der Waals surface area contributed by atoms with E-state index in [-0.39, 0.29) is 24.0 Å². The molecule has 2 N–H and O–H groups in total. The fourth-order valence-electron chi connectivity index (χ4n) is 2.67. The van der Waals surface area contributed by atoms with Crippen molar-refractivity contribution in [2.45, 2.75) is 6.54 Å². The number of H-pyrrole nitrogens is 1. The third kappa shape index (κ3) is 4.28. The molecule has 0 spiro atoms. The van der Waals surface area contributed by atoms with E-state index in [9.17, 15) is 9.18 Å². The van der Waals surface area contributed by atoms with Crippen LogP contribution in [0.3, 0.4) is 0 Å². The van der Waals surface area contributed by atoms with E-state index >= 15 is 0 Å². The van der Waals surface area contributed by atoms with Gasteiger partial charge >= 0.3 is 0 Å². The number of nitrogens with one attached hydrogen (secondary N) is 2. The smallest absolute Gasteiger partial charge is 0.276 e. The molecule has 0 fully saturated rings. The Labute approximate surface area is 174 Å². The number of carbonyl (C=O) groups is 1. The van der Waals surface area contributed by atoms with E-state index in [1.165, 1.54) is 17.1 Å². The van der Waals surface area contributed by atoms with Gasteiger partial charge < -0.3 is 0 Å². The zero-order valence-corrected chi connectivity index (χ0v) is 16.2. The highest BCUT2D eigenvalue weighted by atomic mass is 35.5. The molecule has 2 heterocycles. The first-order valence-electron chi connectivity index (χ1n) is 8.44. The molecular weight excluding hydrogens is 418 g/mol. The molecule has 4 rings (SSSR count). The van der Waals surface area contributed by atoms with Crippen LogP contribution in [-0.4, -0.2) is 30.9 Å². The Morgan fingerprint density at radius 2 is 2.00 bits per heavy atom. The van der Waals surface area contributed by atoms with Gasteiger partial charge in [0.25, 0.3) is 5.91 Å². The summed E-state index contributed by atoms with van der Waals surface area (Å²) in [5.41, 5.74) is 1.80. The number of halogens is 3. The van der Waals surface area contributed by atoms with Gasteiger partial charge in [-0.2, -0.15) is 5.10 Å². The van der Waals surface area contributed by atoms with Crippen LogP contribution in [0.4, 0.5) is 10.3 Å². The Bertz CT molecular complexity index is 1190. The second-order valence-corrected chi connectivity index (χ2v) is 6.95. The van der Waals surface area contributed by atoms with Gasteiger partial charge in [0, 0.05) is 16.1 Å². The topological polar surface area (TPSA) is 88.5 Å². The Morgan fingerprint density at radius 3 is 2.79 bits per heavy atom. The lowest BCUT2D eigenvalue weighted by atomic mass is 10.1. The quantitative estimate of drug-likeness (QED) is 0.490. The molecule has 10 heteroatoms. The SMILES string of the molecule is O=C(Nc1ncn(Cc2ccccc2F)n1)c1cc(-c2ccc(Cl)cc2Cl)n[nH]1. The van der Waals surface area contributed by atoms with Gasteiger partial charge in [0.1, 0.15) is 17.8 Å². The van der Waals surface area contributed by atoms with Crippen molar-refractivity contribution in [3.8, 4) is 11.3 Å². The first-order chi connectivity index (χ1) is 14.0. The molecular formula is C19H13Cl2FN6O. The number of anilines is 1. The Kier molecular flexibility index (Phi) is 5.28. The minimum Gasteiger partial charge on any atom is -0.288 e. The van der Waals surface area contributed by atoms with Gasteiger partial charge in [-0.1, -0.05) is 41.4 Å². The highest BCUT2D eigenvalue weighted by molar-refractivity contribution is 6.36. The maximum atomic E-state index is 13.7. The summed E-state index contributed by atoms with van der Waals surface area (Å²) >= 11 is 12.1. The maximum Gasteiger partial charge on any atom is 0.276 e. The molecule has 0 radical (unpaired) electrons. The summed E-state index contributed by atoms with van der Waals surface area (Å²) in [6, 6.07) is 12.9. The molecule has 7 nitrogen and oxygen atoms in total. The van der Waals surface area contributed by atoms with Crippen LogP contribution in [0.2, 0.25) is 10.0 Å². The minimum absolute atomic E-state index is 0.0898. The minimum atomic E-state index is -0.475. The molecule has 1 amide bonds. The predicted octanol–water partition coefficient (Wildman–Crippen LogP) is 4.41. The van der Waals surface area contributed by atoms with Crippen molar-refractivity contribution in [3.63, 3.8) is 0 Å². The van der Waals surface area contributed by atoms with Crippen molar-refractivity contribution in [2.75, 3.05) is 5.32 Å². The van der Waals surface area contributed by atoms with Gasteiger partial charge in [-0.25, -0.2) is 14.1 Å². The highest BCUT2D eigenvalue weighted by Gasteiger charge is 2.15. The van der Waals surface area contributed by atoms with Gasteiger partial charge in [0.05, 0.1) is 17.3 Å². The summed E-state index contributed by atoms with van der Waals surface area (Å²) in [7, 11) is 0. The monoisotopic (exact) mass is 430 g/mol. The fourth-order valence-corrected chi connectivity index (χ4v) is 3.18. The molecule has 2 aromatic carbocycles. The number of amides is 1. The van der Waals surface area contributed by atoms with Gasteiger partial charge in [-0.05, 0) is 30.3 Å². The van der Waals surface area contributed by atoms with Crippen LogP contribution in [0.1, 0.15) is 16.1 Å². The van der Waals surface area contributed by atoms with Crippen LogP contribution in [0.15, 0.2) is 54.9 Å². The molecule has 0 aliphatic carbocycles. The number of carbonyl (C=O) groups excluding carboxylic acids is 1. The first-order valence-corrected chi connectivity index (χ1v) is 9.20. The predicted molar refractivity (Wildman–Crippen MR) is 108 cm³/mol. The molecule has 0 saturated carbocycles. The molecule has 0 bridgehead atoms. The number of benzene rings is 2. The van der Waals surface area contributed by atoms with E-state index < -0.39 is 5.91 Å². The summed E-state index contributed by atoms with van der Waals surface area (Å²) < 4.78 is 15.2. The molecule has 4 aromatic rings. The van der Waals surface area contributed by atoms with Gasteiger partial charge in [0.2, 0.25) is 5.95 Å². The molecule has 0 unspecified atom stereocenters. The number of nitrogens with zero attached hydrogens (tertiary/aromatic N) is 4. The Hall–Kier alpha value is -3.23. The Balaban J connectivity index is 1.46. The van der Waals surface area contributed by atoms with Gasteiger partial charge in [-0.15, -0.1) is 5.10 Å². The summed E-state index contributed by atoms with van der Waals surface area (Å²) in [4.78, 5) is 16.5. The van der Waals surface area contributed by atoms with Gasteiger partial charge in [0.15, 0.2) is 0 Å². The maximum absolute atomic E-state index is 13.7. The number of rotatable bonds is 5.